The van der Waals surface area contributed by atoms with E-state index in [1.807, 2.05) is 0 Å². The first-order chi connectivity index (χ1) is 6.32. The van der Waals surface area contributed by atoms with Crippen molar-refractivity contribution >= 4 is 29.0 Å². The van der Waals surface area contributed by atoms with Crippen molar-refractivity contribution in [3.05, 3.63) is 33.8 Å². The Labute approximate surface area is 89.6 Å². The Kier molecular flexibility index (Phi) is 3.12. The van der Waals surface area contributed by atoms with Crippen LogP contribution in [0.15, 0.2) is 18.2 Å². The Morgan fingerprint density at radius 3 is 2.43 bits per heavy atom. The molecule has 0 atom stereocenters. The maximum absolute atomic E-state index is 12.7. The van der Waals surface area contributed by atoms with E-state index < -0.39 is 11.7 Å². The molecule has 76 valence electrons. The van der Waals surface area contributed by atoms with Crippen LogP contribution in [0.4, 0.5) is 8.78 Å². The maximum Gasteiger partial charge on any atom is 0.307 e. The van der Waals surface area contributed by atoms with Gasteiger partial charge in [0.2, 0.25) is 5.78 Å². The van der Waals surface area contributed by atoms with Gasteiger partial charge in [-0.05, 0) is 18.2 Å². The Bertz CT molecular complexity index is 372. The van der Waals surface area contributed by atoms with Gasteiger partial charge in [-0.25, -0.2) is 0 Å². The van der Waals surface area contributed by atoms with Crippen LogP contribution in [0.3, 0.4) is 0 Å². The molecule has 0 fully saturated rings. The number of halogens is 4. The summed E-state index contributed by atoms with van der Waals surface area (Å²) in [6.45, 7) is 0.520. The predicted octanol–water partition coefficient (Wildman–Crippen LogP) is 3.83. The number of hydrogen-bond acceptors (Lipinski definition) is 1. The summed E-state index contributed by atoms with van der Waals surface area (Å²) in [6, 6.07) is 3.86. The Morgan fingerprint density at radius 2 is 1.93 bits per heavy atom. The highest BCUT2D eigenvalue weighted by atomic mass is 35.5. The Hall–Kier alpha value is -0.670. The molecule has 0 aliphatic carbocycles. The van der Waals surface area contributed by atoms with E-state index in [0.29, 0.717) is 6.92 Å². The fraction of sp³-hybridized carbons (Fsp3) is 0.222. The number of benzene rings is 1. The van der Waals surface area contributed by atoms with Crippen molar-refractivity contribution in [2.45, 2.75) is 12.8 Å². The molecule has 14 heavy (non-hydrogen) atoms. The molecule has 0 spiro atoms. The lowest BCUT2D eigenvalue weighted by molar-refractivity contribution is 0.0222. The lowest BCUT2D eigenvalue weighted by Crippen LogP contribution is -2.24. The third kappa shape index (κ3) is 2.42. The average molecular weight is 239 g/mol. The zero-order valence-corrected chi connectivity index (χ0v) is 8.66. The van der Waals surface area contributed by atoms with Crippen LogP contribution in [0.5, 0.6) is 0 Å². The first kappa shape index (κ1) is 11.4. The molecule has 0 N–H and O–H groups in total. The first-order valence-electron chi connectivity index (χ1n) is 3.70. The van der Waals surface area contributed by atoms with Gasteiger partial charge in [-0.15, -0.1) is 0 Å². The summed E-state index contributed by atoms with van der Waals surface area (Å²) >= 11 is 11.1. The minimum absolute atomic E-state index is 0.0269. The van der Waals surface area contributed by atoms with E-state index in [1.165, 1.54) is 12.1 Å². The molecule has 1 aromatic carbocycles. The topological polar surface area (TPSA) is 17.1 Å². The molecule has 0 heterocycles. The molecule has 0 saturated carbocycles. The van der Waals surface area contributed by atoms with Crippen LogP contribution in [0, 0.1) is 0 Å². The summed E-state index contributed by atoms with van der Waals surface area (Å²) in [5.74, 6) is -4.76. The highest BCUT2D eigenvalue weighted by Crippen LogP contribution is 2.26. The van der Waals surface area contributed by atoms with Crippen LogP contribution in [0.2, 0.25) is 10.0 Å². The van der Waals surface area contributed by atoms with Crippen LogP contribution in [-0.4, -0.2) is 11.7 Å². The lowest BCUT2D eigenvalue weighted by Gasteiger charge is -2.10. The fourth-order valence-corrected chi connectivity index (χ4v) is 1.28. The minimum Gasteiger partial charge on any atom is -0.287 e. The molecule has 0 saturated heterocycles. The molecule has 0 aliphatic heterocycles. The number of Topliss-reactive ketones (excluding diaryl/α,β-unsaturated/α-hetero) is 1. The number of hydrogen-bond donors (Lipinski definition) is 0. The molecule has 0 amide bonds. The Morgan fingerprint density at radius 1 is 1.36 bits per heavy atom. The molecular formula is C9H6Cl2F2O. The SMILES string of the molecule is CC(F)(F)C(=O)c1cc(Cl)ccc1Cl. The molecule has 0 aliphatic rings. The second-order valence-corrected chi connectivity index (χ2v) is 3.69. The normalized spacial score (nSPS) is 11.5. The van der Waals surface area contributed by atoms with Crippen LogP contribution in [0.25, 0.3) is 0 Å². The highest BCUT2D eigenvalue weighted by molar-refractivity contribution is 6.36. The molecule has 0 radical (unpaired) electrons. The zero-order valence-electron chi connectivity index (χ0n) is 7.15. The summed E-state index contributed by atoms with van der Waals surface area (Å²) in [4.78, 5) is 11.1. The van der Waals surface area contributed by atoms with Crippen LogP contribution < -0.4 is 0 Å². The number of carbonyl (C=O) groups is 1. The van der Waals surface area contributed by atoms with Gasteiger partial charge in [0.05, 0.1) is 5.02 Å². The standard InChI is InChI=1S/C9H6Cl2F2O/c1-9(12,13)8(14)6-4-5(10)2-3-7(6)11/h2-4H,1H3. The Balaban J connectivity index is 3.19. The smallest absolute Gasteiger partial charge is 0.287 e. The van der Waals surface area contributed by atoms with Crippen LogP contribution >= 0.6 is 23.2 Å². The van der Waals surface area contributed by atoms with E-state index >= 15 is 0 Å². The average Bonchev–Trinajstić information content (AvgIpc) is 2.06. The summed E-state index contributed by atoms with van der Waals surface area (Å²) in [7, 11) is 0. The number of alkyl halides is 2. The molecule has 1 nitrogen and oxygen atoms in total. The van der Waals surface area contributed by atoms with Gasteiger partial charge in [-0.2, -0.15) is 8.78 Å². The van der Waals surface area contributed by atoms with E-state index in [4.69, 9.17) is 23.2 Å². The van der Waals surface area contributed by atoms with E-state index in [9.17, 15) is 13.6 Å². The lowest BCUT2D eigenvalue weighted by atomic mass is 10.1. The van der Waals surface area contributed by atoms with Gasteiger partial charge in [0, 0.05) is 17.5 Å². The number of ketones is 1. The van der Waals surface area contributed by atoms with Crippen molar-refractivity contribution < 1.29 is 13.6 Å². The molecular weight excluding hydrogens is 233 g/mol. The van der Waals surface area contributed by atoms with Gasteiger partial charge in [0.25, 0.3) is 0 Å². The van der Waals surface area contributed by atoms with E-state index in [0.717, 1.165) is 6.07 Å². The highest BCUT2D eigenvalue weighted by Gasteiger charge is 2.34. The minimum atomic E-state index is -3.44. The van der Waals surface area contributed by atoms with Gasteiger partial charge in [0.1, 0.15) is 0 Å². The third-order valence-electron chi connectivity index (χ3n) is 1.57. The third-order valence-corrected chi connectivity index (χ3v) is 2.14. The van der Waals surface area contributed by atoms with E-state index in [1.54, 1.807) is 0 Å². The molecule has 0 aromatic heterocycles. The summed E-state index contributed by atoms with van der Waals surface area (Å²) < 4.78 is 25.3. The van der Waals surface area contributed by atoms with Gasteiger partial charge >= 0.3 is 5.92 Å². The zero-order chi connectivity index (χ0) is 10.9. The second-order valence-electron chi connectivity index (χ2n) is 2.84. The van der Waals surface area contributed by atoms with Crippen molar-refractivity contribution in [3.8, 4) is 0 Å². The fourth-order valence-electron chi connectivity index (χ4n) is 0.908. The second kappa shape index (κ2) is 3.83. The largest absolute Gasteiger partial charge is 0.307 e. The van der Waals surface area contributed by atoms with Gasteiger partial charge in [-0.3, -0.25) is 4.79 Å². The molecule has 1 rings (SSSR count). The summed E-state index contributed by atoms with van der Waals surface area (Å²) in [6.07, 6.45) is 0. The molecule has 0 bridgehead atoms. The summed E-state index contributed by atoms with van der Waals surface area (Å²) in [5.41, 5.74) is -0.258. The van der Waals surface area contributed by atoms with E-state index in [-0.39, 0.29) is 15.6 Å². The molecule has 0 unspecified atom stereocenters. The first-order valence-corrected chi connectivity index (χ1v) is 4.45. The van der Waals surface area contributed by atoms with Gasteiger partial charge < -0.3 is 0 Å². The van der Waals surface area contributed by atoms with Crippen LogP contribution in [0.1, 0.15) is 17.3 Å². The van der Waals surface area contributed by atoms with Gasteiger partial charge in [0.15, 0.2) is 0 Å². The van der Waals surface area contributed by atoms with Crippen LogP contribution in [-0.2, 0) is 0 Å². The number of rotatable bonds is 2. The van der Waals surface area contributed by atoms with Crippen molar-refractivity contribution in [3.63, 3.8) is 0 Å². The maximum atomic E-state index is 12.7. The summed E-state index contributed by atoms with van der Waals surface area (Å²) in [5, 5.41) is 0.169. The monoisotopic (exact) mass is 238 g/mol. The van der Waals surface area contributed by atoms with Crippen molar-refractivity contribution in [1.29, 1.82) is 0 Å². The van der Waals surface area contributed by atoms with Crippen molar-refractivity contribution in [1.82, 2.24) is 0 Å². The number of carbonyl (C=O) groups excluding carboxylic acids is 1. The van der Waals surface area contributed by atoms with Crippen molar-refractivity contribution in [2.24, 2.45) is 0 Å². The van der Waals surface area contributed by atoms with E-state index in [2.05, 4.69) is 0 Å². The molecule has 1 aromatic rings. The quantitative estimate of drug-likeness (QED) is 0.716. The van der Waals surface area contributed by atoms with Gasteiger partial charge in [-0.1, -0.05) is 23.2 Å². The van der Waals surface area contributed by atoms with Crippen molar-refractivity contribution in [2.75, 3.05) is 0 Å². The predicted molar refractivity (Wildman–Crippen MR) is 51.4 cm³/mol. The molecule has 5 heteroatoms.